The van der Waals surface area contributed by atoms with Gasteiger partial charge in [0.2, 0.25) is 0 Å². The molecule has 0 bridgehead atoms. The Labute approximate surface area is 394 Å². The van der Waals surface area contributed by atoms with Gasteiger partial charge in [0.1, 0.15) is 40.3 Å². The topological polar surface area (TPSA) is 234 Å². The van der Waals surface area contributed by atoms with Crippen LogP contribution in [0, 0.1) is 17.8 Å². The molecule has 3 aliphatic heterocycles. The molecule has 0 aliphatic carbocycles. The fraction of sp³-hybridized carbons (Fsp3) is 0.844. The maximum atomic E-state index is 14.5. The molecular formula is C45H77Cl2N5O13. The minimum atomic E-state index is -1.97. The summed E-state index contributed by atoms with van der Waals surface area (Å²) in [6.45, 7) is 17.7. The zero-order valence-electron chi connectivity index (χ0n) is 40.4. The number of likely N-dealkylation sites (N-methyl/N-ethyl adjacent to an activating group) is 1. The highest BCUT2D eigenvalue weighted by molar-refractivity contribution is 6.33. The van der Waals surface area contributed by atoms with Crippen molar-refractivity contribution in [2.75, 3.05) is 46.2 Å². The molecule has 0 unspecified atom stereocenters. The van der Waals surface area contributed by atoms with E-state index in [0.717, 1.165) is 0 Å². The van der Waals surface area contributed by atoms with Crippen molar-refractivity contribution in [2.24, 2.45) is 17.8 Å². The van der Waals surface area contributed by atoms with Crippen LogP contribution in [0.3, 0.4) is 0 Å². The zero-order valence-corrected chi connectivity index (χ0v) is 41.9. The molecule has 4 heterocycles. The highest BCUT2D eigenvalue weighted by atomic mass is 35.5. The number of nitrogens with zero attached hydrogens (tertiary/aromatic N) is 3. The third-order valence-electron chi connectivity index (χ3n) is 13.7. The second-order valence-corrected chi connectivity index (χ2v) is 20.4. The van der Waals surface area contributed by atoms with Crippen LogP contribution in [0.1, 0.15) is 94.9 Å². The Morgan fingerprint density at radius 2 is 1.62 bits per heavy atom. The molecule has 374 valence electrons. The maximum Gasteiger partial charge on any atom is 0.319 e. The van der Waals surface area contributed by atoms with Gasteiger partial charge < -0.3 is 69.5 Å². The van der Waals surface area contributed by atoms with E-state index in [1.807, 2.05) is 37.7 Å². The lowest BCUT2D eigenvalue weighted by Gasteiger charge is -2.48. The first-order valence-electron chi connectivity index (χ1n) is 22.8. The van der Waals surface area contributed by atoms with Crippen LogP contribution in [0.15, 0.2) is 12.1 Å². The summed E-state index contributed by atoms with van der Waals surface area (Å²) in [7, 11) is 5.21. The van der Waals surface area contributed by atoms with Gasteiger partial charge in [-0.25, -0.2) is 9.78 Å². The normalized spacial score (nSPS) is 41.9. The van der Waals surface area contributed by atoms with E-state index < -0.39 is 102 Å². The lowest BCUT2D eigenvalue weighted by molar-refractivity contribution is -0.318. The van der Waals surface area contributed by atoms with Gasteiger partial charge in [-0.05, 0) is 99.9 Å². The molecule has 3 aliphatic rings. The number of carbonyl (C=O) groups is 2. The number of hydrogen-bond acceptors (Lipinski definition) is 16. The number of ether oxygens (including phenoxy) is 6. The molecule has 4 rings (SSSR count). The maximum absolute atomic E-state index is 14.5. The van der Waals surface area contributed by atoms with Crippen LogP contribution in [0.4, 0.5) is 10.5 Å². The smallest absolute Gasteiger partial charge is 0.319 e. The van der Waals surface area contributed by atoms with Crippen LogP contribution < -0.4 is 10.6 Å². The van der Waals surface area contributed by atoms with Gasteiger partial charge >= 0.3 is 12.0 Å². The first-order chi connectivity index (χ1) is 30.1. The number of carbonyl (C=O) groups excluding carboxylic acids is 2. The average molecular weight is 967 g/mol. The Hall–Kier alpha value is -2.01. The third kappa shape index (κ3) is 13.8. The Morgan fingerprint density at radius 3 is 2.20 bits per heavy atom. The molecular weight excluding hydrogens is 889 g/mol. The number of aliphatic hydroxyl groups is 5. The van der Waals surface area contributed by atoms with Crippen molar-refractivity contribution < 1.29 is 63.5 Å². The summed E-state index contributed by atoms with van der Waals surface area (Å²) < 4.78 is 37.9. The number of anilines is 1. The summed E-state index contributed by atoms with van der Waals surface area (Å²) in [6.07, 6.45) is -9.42. The van der Waals surface area contributed by atoms with Crippen molar-refractivity contribution in [1.82, 2.24) is 20.1 Å². The Kier molecular flexibility index (Phi) is 19.7. The van der Waals surface area contributed by atoms with Crippen LogP contribution in [0.2, 0.25) is 10.3 Å². The zero-order chi connectivity index (χ0) is 48.9. The molecule has 1 aromatic heterocycles. The van der Waals surface area contributed by atoms with E-state index in [4.69, 9.17) is 51.6 Å². The minimum Gasteiger partial charge on any atom is -0.459 e. The number of aromatic nitrogens is 1. The quantitative estimate of drug-likeness (QED) is 0.124. The SMILES string of the molecule is CC[C@H]1OC(=O)[C@H](C)[C@H](O[C@@H]2C[C@@](C)(OC)[C@@H](O)[C@H](C)O2)[C@@H](C)[C@H](O[C@@H]2O[C@H](C)C[C@H](N(C)C)[C@H]2O)[C@](C)(O)C[C@@H](C)CN(CCNC(=O)Nc2cc(Cl)nc(Cl)c2)[C@H](C)[C@@H](O)[C@]1(C)O. The highest BCUT2D eigenvalue weighted by Gasteiger charge is 2.53. The van der Waals surface area contributed by atoms with Gasteiger partial charge in [-0.2, -0.15) is 0 Å². The molecule has 18 atom stereocenters. The largest absolute Gasteiger partial charge is 0.459 e. The summed E-state index contributed by atoms with van der Waals surface area (Å²) in [5.74, 6) is -3.03. The standard InChI is InChI=1S/C45H77Cl2N5O13/c1-14-31-45(10,59)37(54)27(6)52(16-15-48-42(57)49-29-18-32(46)50-33(47)19-29)22-23(2)20-43(8,58)39(65-41-35(53)30(51(11)12)17-24(3)61-41)25(4)36(26(5)40(56)63-31)64-34-21-44(9,60-13)38(55)28(7)62-34/h18-19,23-28,30-31,34-39,41,53-55,58-59H,14-17,20-22H2,1-13H3,(H2,48,49,50,57)/t23-,24-,25-,26-,27-,28+,30+,31-,34-,35-,36-,37-,38+,39+,41+,43-,44-,45-/m1/s1. The van der Waals surface area contributed by atoms with Gasteiger partial charge in [0.05, 0.1) is 41.5 Å². The van der Waals surface area contributed by atoms with E-state index in [-0.39, 0.29) is 67.3 Å². The van der Waals surface area contributed by atoms with E-state index in [9.17, 15) is 35.1 Å². The number of methoxy groups -OCH3 is 1. The molecule has 7 N–H and O–H groups in total. The van der Waals surface area contributed by atoms with Crippen molar-refractivity contribution in [3.05, 3.63) is 22.4 Å². The number of halogens is 2. The summed E-state index contributed by atoms with van der Waals surface area (Å²) in [5.41, 5.74) is -4.41. The number of aliphatic hydroxyl groups excluding tert-OH is 3. The van der Waals surface area contributed by atoms with Crippen molar-refractivity contribution in [2.45, 2.75) is 185 Å². The summed E-state index contributed by atoms with van der Waals surface area (Å²) in [6, 6.07) is 1.23. The Morgan fingerprint density at radius 1 is 0.985 bits per heavy atom. The number of rotatable bonds is 11. The van der Waals surface area contributed by atoms with Crippen LogP contribution in [-0.2, 0) is 33.2 Å². The van der Waals surface area contributed by atoms with Gasteiger partial charge in [-0.15, -0.1) is 0 Å². The van der Waals surface area contributed by atoms with Crippen molar-refractivity contribution in [3.63, 3.8) is 0 Å². The first kappa shape index (κ1) is 55.6. The number of urea groups is 1. The Bertz CT molecular complexity index is 1700. The third-order valence-corrected chi connectivity index (χ3v) is 14.1. The van der Waals surface area contributed by atoms with Gasteiger partial charge in [0, 0.05) is 56.9 Å². The monoisotopic (exact) mass is 965 g/mol. The van der Waals surface area contributed by atoms with Gasteiger partial charge in [-0.1, -0.05) is 44.0 Å². The van der Waals surface area contributed by atoms with Crippen molar-refractivity contribution in [1.29, 1.82) is 0 Å². The molecule has 3 saturated heterocycles. The van der Waals surface area contributed by atoms with E-state index in [1.54, 1.807) is 48.5 Å². The molecule has 0 spiro atoms. The van der Waals surface area contributed by atoms with Gasteiger partial charge in [0.25, 0.3) is 0 Å². The predicted octanol–water partition coefficient (Wildman–Crippen LogP) is 3.79. The molecule has 18 nitrogen and oxygen atoms in total. The second kappa shape index (κ2) is 23.1. The number of esters is 1. The molecule has 2 amide bonds. The molecule has 0 saturated carbocycles. The van der Waals surface area contributed by atoms with Gasteiger partial charge in [-0.3, -0.25) is 9.69 Å². The average Bonchev–Trinajstić information content (AvgIpc) is 3.21. The minimum absolute atomic E-state index is 0.0839. The summed E-state index contributed by atoms with van der Waals surface area (Å²) in [4.78, 5) is 35.2. The Balaban J connectivity index is 1.77. The van der Waals surface area contributed by atoms with E-state index in [0.29, 0.717) is 12.1 Å². The van der Waals surface area contributed by atoms with Crippen LogP contribution in [0.25, 0.3) is 0 Å². The van der Waals surface area contributed by atoms with Crippen molar-refractivity contribution >= 4 is 40.9 Å². The number of amides is 2. The van der Waals surface area contributed by atoms with Crippen LogP contribution in [-0.4, -0.2) is 183 Å². The molecule has 3 fully saturated rings. The number of hydrogen-bond donors (Lipinski definition) is 7. The van der Waals surface area contributed by atoms with Gasteiger partial charge in [0.15, 0.2) is 12.6 Å². The van der Waals surface area contributed by atoms with Crippen LogP contribution >= 0.6 is 23.2 Å². The molecule has 0 radical (unpaired) electrons. The van der Waals surface area contributed by atoms with Crippen LogP contribution in [0.5, 0.6) is 0 Å². The summed E-state index contributed by atoms with van der Waals surface area (Å²) >= 11 is 12.0. The molecule has 20 heteroatoms. The second-order valence-electron chi connectivity index (χ2n) is 19.6. The molecule has 65 heavy (non-hydrogen) atoms. The molecule has 1 aromatic rings. The number of nitrogens with one attached hydrogen (secondary N) is 2. The lowest BCUT2D eigenvalue weighted by Crippen LogP contribution is -2.60. The number of pyridine rings is 1. The number of cyclic esters (lactones) is 1. The van der Waals surface area contributed by atoms with Crippen molar-refractivity contribution in [3.8, 4) is 0 Å². The predicted molar refractivity (Wildman–Crippen MR) is 244 cm³/mol. The van der Waals surface area contributed by atoms with E-state index in [1.165, 1.54) is 26.2 Å². The lowest BCUT2D eigenvalue weighted by atomic mass is 9.77. The first-order valence-corrected chi connectivity index (χ1v) is 23.6. The fourth-order valence-corrected chi connectivity index (χ4v) is 10.4. The van der Waals surface area contributed by atoms with E-state index >= 15 is 0 Å². The van der Waals surface area contributed by atoms with E-state index in [2.05, 4.69) is 15.6 Å². The highest BCUT2D eigenvalue weighted by Crippen LogP contribution is 2.40. The fourth-order valence-electron chi connectivity index (χ4n) is 9.92. The molecule has 0 aromatic carbocycles. The summed E-state index contributed by atoms with van der Waals surface area (Å²) in [5, 5.41) is 65.4.